The second kappa shape index (κ2) is 19.8. The molecule has 6 atom stereocenters. The number of carbonyl (C=O) groups excluding carboxylic acids is 2. The number of aromatic nitrogens is 4. The molecule has 0 amide bonds. The normalized spacial score (nSPS) is 17.7. The van der Waals surface area contributed by atoms with Crippen molar-refractivity contribution >= 4 is 42.5 Å². The van der Waals surface area contributed by atoms with Gasteiger partial charge in [0.1, 0.15) is 30.5 Å². The van der Waals surface area contributed by atoms with Crippen LogP contribution in [0.2, 0.25) is 0 Å². The van der Waals surface area contributed by atoms with Gasteiger partial charge in [0.25, 0.3) is 0 Å². The van der Waals surface area contributed by atoms with E-state index in [-0.39, 0.29) is 49.9 Å². The maximum absolute atomic E-state index is 14.7. The molecule has 0 aromatic carbocycles. The number of nitrogens with two attached hydrogens (primary N) is 1. The Hall–Kier alpha value is -2.92. The van der Waals surface area contributed by atoms with Crippen LogP contribution in [-0.4, -0.2) is 97.9 Å². The van der Waals surface area contributed by atoms with E-state index in [1.54, 1.807) is 25.3 Å². The van der Waals surface area contributed by atoms with Crippen LogP contribution in [0.3, 0.4) is 0 Å². The average Bonchev–Trinajstić information content (AvgIpc) is 3.72. The molecule has 290 valence electrons. The van der Waals surface area contributed by atoms with E-state index < -0.39 is 62.8 Å². The molecule has 1 saturated carbocycles. The molecule has 0 spiro atoms. The molecule has 0 radical (unpaired) electrons. The van der Waals surface area contributed by atoms with E-state index in [1.165, 1.54) is 13.3 Å². The van der Waals surface area contributed by atoms with Crippen molar-refractivity contribution in [1.82, 2.24) is 29.7 Å². The van der Waals surface area contributed by atoms with Gasteiger partial charge < -0.3 is 40.0 Å². The minimum absolute atomic E-state index is 0.0115. The van der Waals surface area contributed by atoms with Crippen LogP contribution < -0.4 is 21.2 Å². The van der Waals surface area contributed by atoms with Crippen molar-refractivity contribution < 1.29 is 43.1 Å². The third kappa shape index (κ3) is 12.6. The highest BCUT2D eigenvalue weighted by Gasteiger charge is 2.39. The summed E-state index contributed by atoms with van der Waals surface area (Å²) in [6.07, 6.45) is 1.33. The minimum atomic E-state index is -4.33. The molecule has 18 heteroatoms. The summed E-state index contributed by atoms with van der Waals surface area (Å²) in [5.74, 6) is -0.769. The smallest absolute Gasteiger partial charge is 0.342 e. The number of aliphatic hydroxyl groups excluding tert-OH is 2. The molecule has 2 aromatic heterocycles. The fraction of sp³-hybridized carbons (Fsp3) is 0.788. The van der Waals surface area contributed by atoms with E-state index >= 15 is 0 Å². The molecular formula is C33H59N8O9P. The number of nitrogens with one attached hydrogen (secondary N) is 3. The number of rotatable bonds is 22. The lowest BCUT2D eigenvalue weighted by atomic mass is 10.1. The molecular weight excluding hydrogens is 683 g/mol. The summed E-state index contributed by atoms with van der Waals surface area (Å²) in [7, 11) is -4.33. The van der Waals surface area contributed by atoms with Gasteiger partial charge >= 0.3 is 19.6 Å². The fourth-order valence-corrected chi connectivity index (χ4v) is 7.77. The summed E-state index contributed by atoms with van der Waals surface area (Å²) in [4.78, 5) is 39.3. The first-order valence-corrected chi connectivity index (χ1v) is 19.6. The van der Waals surface area contributed by atoms with Gasteiger partial charge in [0.05, 0.1) is 32.3 Å². The number of fused-ring (bicyclic) bond motifs is 1. The Morgan fingerprint density at radius 3 is 2.00 bits per heavy atom. The summed E-state index contributed by atoms with van der Waals surface area (Å²) >= 11 is 0. The molecule has 1 aliphatic carbocycles. The lowest BCUT2D eigenvalue weighted by molar-refractivity contribution is -0.146. The highest BCUT2D eigenvalue weighted by molar-refractivity contribution is 7.54. The summed E-state index contributed by atoms with van der Waals surface area (Å²) < 4.78 is 39.1. The van der Waals surface area contributed by atoms with Gasteiger partial charge in [-0.05, 0) is 65.2 Å². The van der Waals surface area contributed by atoms with Gasteiger partial charge in [-0.25, -0.2) is 15.2 Å². The Kier molecular flexibility index (Phi) is 16.5. The second-order valence-corrected chi connectivity index (χ2v) is 15.7. The number of esters is 2. The zero-order valence-electron chi connectivity index (χ0n) is 31.2. The van der Waals surface area contributed by atoms with Gasteiger partial charge in [-0.1, -0.05) is 40.5 Å². The maximum atomic E-state index is 14.7. The number of nitrogens with zero attached hydrogens (tertiary/aromatic N) is 4. The van der Waals surface area contributed by atoms with Gasteiger partial charge in [-0.2, -0.15) is 9.97 Å². The maximum Gasteiger partial charge on any atom is 0.342 e. The molecule has 17 nitrogen and oxygen atoms in total. The SMILES string of the molecule is CCOC(=O)[C@H](CC(C)C)NP(=O)(N[C@@H](CC(C)C)C(=O)OCC)OC[C@@H](OC(C)n1cnc2c(NC3CCCC3)nc(N)nc21)C(O)C(C)O. The Balaban J connectivity index is 1.94. The topological polar surface area (TPSA) is 234 Å². The van der Waals surface area contributed by atoms with E-state index in [0.717, 1.165) is 25.7 Å². The highest BCUT2D eigenvalue weighted by Crippen LogP contribution is 2.41. The number of nitrogen functional groups attached to an aromatic ring is 1. The molecule has 2 heterocycles. The first-order chi connectivity index (χ1) is 24.1. The molecule has 1 fully saturated rings. The molecule has 2 aromatic rings. The molecule has 51 heavy (non-hydrogen) atoms. The van der Waals surface area contributed by atoms with E-state index in [2.05, 4.69) is 30.4 Å². The second-order valence-electron chi connectivity index (χ2n) is 13.9. The highest BCUT2D eigenvalue weighted by atomic mass is 31.2. The third-order valence-electron chi connectivity index (χ3n) is 8.40. The van der Waals surface area contributed by atoms with Crippen LogP contribution in [0.25, 0.3) is 11.2 Å². The van der Waals surface area contributed by atoms with E-state index in [4.69, 9.17) is 24.5 Å². The van der Waals surface area contributed by atoms with Crippen molar-refractivity contribution in [1.29, 1.82) is 0 Å². The summed E-state index contributed by atoms with van der Waals surface area (Å²) in [6.45, 7) is 13.6. The fourth-order valence-electron chi connectivity index (χ4n) is 5.94. The molecule has 0 bridgehead atoms. The Morgan fingerprint density at radius 1 is 0.961 bits per heavy atom. The van der Waals surface area contributed by atoms with Crippen LogP contribution in [0.4, 0.5) is 11.8 Å². The van der Waals surface area contributed by atoms with Crippen LogP contribution in [0.5, 0.6) is 0 Å². The molecule has 0 aliphatic heterocycles. The van der Waals surface area contributed by atoms with Gasteiger partial charge in [-0.15, -0.1) is 0 Å². The first-order valence-electron chi connectivity index (χ1n) is 18.0. The first kappa shape index (κ1) is 42.5. The predicted molar refractivity (Wildman–Crippen MR) is 192 cm³/mol. The van der Waals surface area contributed by atoms with Crippen molar-refractivity contribution in [2.75, 3.05) is 30.9 Å². The molecule has 3 unspecified atom stereocenters. The van der Waals surface area contributed by atoms with Crippen LogP contribution in [0.1, 0.15) is 100 Å². The largest absolute Gasteiger partial charge is 0.465 e. The molecule has 1 aliphatic rings. The van der Waals surface area contributed by atoms with Crippen LogP contribution in [0, 0.1) is 11.8 Å². The monoisotopic (exact) mass is 742 g/mol. The van der Waals surface area contributed by atoms with Crippen molar-refractivity contribution in [3.8, 4) is 0 Å². The van der Waals surface area contributed by atoms with E-state index in [1.807, 2.05) is 27.7 Å². The molecule has 7 N–H and O–H groups in total. The van der Waals surface area contributed by atoms with E-state index in [9.17, 15) is 24.4 Å². The number of aliphatic hydroxyl groups is 2. The Bertz CT molecular complexity index is 1410. The Labute approximate surface area is 300 Å². The van der Waals surface area contributed by atoms with Crippen LogP contribution >= 0.6 is 7.67 Å². The van der Waals surface area contributed by atoms with Crippen molar-refractivity contribution in [3.63, 3.8) is 0 Å². The standard InChI is InChI=1S/C33H59N8O9P/c1-9-47-31(44)24(15-19(3)4)39-51(46,40-25(16-20(5)6)32(45)48-10-2)49-17-26(28(43)21(7)42)50-22(8)41-18-35-27-29(36-23-13-11-12-14-23)37-33(34)38-30(27)41/h18-26,28,42-43H,9-17H2,1-8H3,(H2,39,40,46)(H3,34,36,37,38)/t21?,22?,24-,25-,26+,28?/m0/s1. The quantitative estimate of drug-likeness (QED) is 0.0746. The number of carbonyl (C=O) groups is 2. The molecule has 0 saturated heterocycles. The van der Waals surface area contributed by atoms with Crippen molar-refractivity contribution in [2.45, 2.75) is 137 Å². The lowest BCUT2D eigenvalue weighted by Gasteiger charge is -2.32. The van der Waals surface area contributed by atoms with Crippen LogP contribution in [-0.2, 0) is 32.9 Å². The predicted octanol–water partition coefficient (Wildman–Crippen LogP) is 3.67. The average molecular weight is 743 g/mol. The number of anilines is 2. The number of ether oxygens (including phenoxy) is 3. The summed E-state index contributed by atoms with van der Waals surface area (Å²) in [5, 5.41) is 30.6. The van der Waals surface area contributed by atoms with Gasteiger partial charge in [-0.3, -0.25) is 18.7 Å². The van der Waals surface area contributed by atoms with Crippen molar-refractivity contribution in [2.24, 2.45) is 11.8 Å². The zero-order chi connectivity index (χ0) is 37.9. The molecule has 3 rings (SSSR count). The van der Waals surface area contributed by atoms with Gasteiger partial charge in [0.2, 0.25) is 5.95 Å². The lowest BCUT2D eigenvalue weighted by Crippen LogP contribution is -2.47. The van der Waals surface area contributed by atoms with Gasteiger partial charge in [0, 0.05) is 6.04 Å². The number of hydrogen-bond donors (Lipinski definition) is 6. The number of hydrogen-bond acceptors (Lipinski definition) is 14. The zero-order valence-corrected chi connectivity index (χ0v) is 32.1. The minimum Gasteiger partial charge on any atom is -0.465 e. The Morgan fingerprint density at radius 2 is 1.51 bits per heavy atom. The summed E-state index contributed by atoms with van der Waals surface area (Å²) in [6, 6.07) is -1.89. The number of imidazole rings is 1. The summed E-state index contributed by atoms with van der Waals surface area (Å²) in [5.41, 5.74) is 6.95. The van der Waals surface area contributed by atoms with Crippen LogP contribution in [0.15, 0.2) is 6.33 Å². The van der Waals surface area contributed by atoms with Crippen molar-refractivity contribution in [3.05, 3.63) is 6.33 Å². The van der Waals surface area contributed by atoms with Gasteiger partial charge in [0.15, 0.2) is 17.0 Å². The third-order valence-corrected chi connectivity index (χ3v) is 10.2. The van der Waals surface area contributed by atoms with E-state index in [0.29, 0.717) is 17.0 Å².